The van der Waals surface area contributed by atoms with Crippen molar-refractivity contribution in [2.24, 2.45) is 0 Å². The number of ether oxygens (including phenoxy) is 9. The van der Waals surface area contributed by atoms with Gasteiger partial charge in [-0.15, -0.1) is 0 Å². The molecule has 18 heteroatoms. The smallest absolute Gasteiger partial charge is 0.333 e. The van der Waals surface area contributed by atoms with E-state index in [9.17, 15) is 29.7 Å². The highest BCUT2D eigenvalue weighted by Gasteiger charge is 2.23. The summed E-state index contributed by atoms with van der Waals surface area (Å²) in [5.74, 6) is -0.939. The monoisotopic (exact) mass is 915 g/mol. The molecule has 0 radical (unpaired) electrons. The Morgan fingerprint density at radius 3 is 0.909 bits per heavy atom. The van der Waals surface area contributed by atoms with E-state index in [-0.39, 0.29) is 131 Å². The van der Waals surface area contributed by atoms with E-state index < -0.39 is 17.9 Å². The fourth-order valence-electron chi connectivity index (χ4n) is 5.68. The van der Waals surface area contributed by atoms with Gasteiger partial charge in [-0.1, -0.05) is 19.7 Å². The van der Waals surface area contributed by atoms with Gasteiger partial charge < -0.3 is 58.0 Å². The molecule has 3 aromatic carbocycles. The van der Waals surface area contributed by atoms with Crippen molar-refractivity contribution in [3.05, 3.63) is 89.5 Å². The van der Waals surface area contributed by atoms with Crippen molar-refractivity contribution >= 4 is 17.9 Å². The average Bonchev–Trinajstić information content (AvgIpc) is 3.28. The summed E-state index contributed by atoms with van der Waals surface area (Å²) >= 11 is 0. The fraction of sp³-hybridized carbons (Fsp3) is 0.375. The standard InChI is InChI=1S/C48H57N3O15/c1-28(2)46(55)64-25-19-58-16-22-61-37-13-10-34(40(52)31(37)7)43-49-44(35-11-14-38(32(8)41(35)53)62-23-17-59-20-26-65-47(56)29(3)4)51-45(50-43)36-12-15-39(33(9)42(36)54)63-24-18-60-21-27-66-48(57)30(5)6/h10-15,52-54H,1,3,5,16-27H2,2,4,6-9H3. The van der Waals surface area contributed by atoms with Gasteiger partial charge in [0.2, 0.25) is 0 Å². The van der Waals surface area contributed by atoms with Gasteiger partial charge in [-0.3, -0.25) is 0 Å². The molecule has 18 nitrogen and oxygen atoms in total. The molecule has 1 aromatic heterocycles. The van der Waals surface area contributed by atoms with Crippen LogP contribution in [0.3, 0.4) is 0 Å². The number of esters is 3. The molecule has 1 heterocycles. The predicted molar refractivity (Wildman–Crippen MR) is 242 cm³/mol. The third-order valence-electron chi connectivity index (χ3n) is 9.39. The van der Waals surface area contributed by atoms with Gasteiger partial charge in [-0.2, -0.15) is 0 Å². The topological polar surface area (TPSA) is 234 Å². The van der Waals surface area contributed by atoms with Gasteiger partial charge in [0.05, 0.1) is 56.3 Å². The van der Waals surface area contributed by atoms with Crippen LogP contribution in [-0.2, 0) is 42.8 Å². The van der Waals surface area contributed by atoms with Crippen molar-refractivity contribution in [3.63, 3.8) is 0 Å². The molecule has 0 aliphatic rings. The van der Waals surface area contributed by atoms with E-state index in [0.717, 1.165) is 0 Å². The van der Waals surface area contributed by atoms with Crippen LogP contribution in [0.4, 0.5) is 0 Å². The van der Waals surface area contributed by atoms with Crippen molar-refractivity contribution in [1.29, 1.82) is 0 Å². The third kappa shape index (κ3) is 14.8. The molecule has 3 N–H and O–H groups in total. The van der Waals surface area contributed by atoms with E-state index in [1.807, 2.05) is 0 Å². The molecule has 0 saturated carbocycles. The number of aromatic hydroxyl groups is 3. The van der Waals surface area contributed by atoms with E-state index in [1.165, 1.54) is 0 Å². The lowest BCUT2D eigenvalue weighted by Gasteiger charge is -2.16. The number of rotatable bonds is 27. The maximum absolute atomic E-state index is 11.6. The van der Waals surface area contributed by atoms with Gasteiger partial charge in [-0.05, 0) is 77.9 Å². The lowest BCUT2D eigenvalue weighted by Crippen LogP contribution is -2.14. The van der Waals surface area contributed by atoms with Gasteiger partial charge in [0, 0.05) is 33.4 Å². The van der Waals surface area contributed by atoms with E-state index in [1.54, 1.807) is 77.9 Å². The molecule has 354 valence electrons. The Labute approximate surface area is 383 Å². The van der Waals surface area contributed by atoms with Crippen LogP contribution >= 0.6 is 0 Å². The van der Waals surface area contributed by atoms with Crippen molar-refractivity contribution in [1.82, 2.24) is 15.0 Å². The third-order valence-corrected chi connectivity index (χ3v) is 9.39. The average molecular weight is 916 g/mol. The van der Waals surface area contributed by atoms with Gasteiger partial charge in [0.15, 0.2) is 17.5 Å². The zero-order valence-electron chi connectivity index (χ0n) is 38.2. The molecule has 4 aromatic rings. The number of carbonyl (C=O) groups is 3. The molecule has 0 aliphatic heterocycles. The number of hydrogen-bond acceptors (Lipinski definition) is 18. The van der Waals surface area contributed by atoms with E-state index in [2.05, 4.69) is 34.7 Å². The van der Waals surface area contributed by atoms with Gasteiger partial charge in [0.25, 0.3) is 0 Å². The highest BCUT2D eigenvalue weighted by atomic mass is 16.6. The second-order valence-corrected chi connectivity index (χ2v) is 14.7. The quantitative estimate of drug-likeness (QED) is 0.0252. The second kappa shape index (κ2) is 25.5. The lowest BCUT2D eigenvalue weighted by atomic mass is 10.1. The summed E-state index contributed by atoms with van der Waals surface area (Å²) < 4.78 is 49.1. The van der Waals surface area contributed by atoms with E-state index in [4.69, 9.17) is 42.6 Å². The number of benzene rings is 3. The van der Waals surface area contributed by atoms with Crippen LogP contribution in [0.1, 0.15) is 37.5 Å². The van der Waals surface area contributed by atoms with Crippen molar-refractivity contribution in [3.8, 4) is 68.7 Å². The van der Waals surface area contributed by atoms with Gasteiger partial charge >= 0.3 is 17.9 Å². The maximum Gasteiger partial charge on any atom is 0.333 e. The lowest BCUT2D eigenvalue weighted by molar-refractivity contribution is -0.141. The van der Waals surface area contributed by atoms with Gasteiger partial charge in [-0.25, -0.2) is 29.3 Å². The second-order valence-electron chi connectivity index (χ2n) is 14.7. The largest absolute Gasteiger partial charge is 0.507 e. The van der Waals surface area contributed by atoms with Crippen LogP contribution in [-0.4, -0.2) is 127 Å². The van der Waals surface area contributed by atoms with E-state index in [0.29, 0.717) is 50.7 Å². The van der Waals surface area contributed by atoms with Gasteiger partial charge in [0.1, 0.15) is 74.1 Å². The molecular weight excluding hydrogens is 859 g/mol. The summed E-state index contributed by atoms with van der Waals surface area (Å²) in [6.07, 6.45) is 0. The Bertz CT molecular complexity index is 2120. The Balaban J connectivity index is 1.57. The van der Waals surface area contributed by atoms with Crippen molar-refractivity contribution in [2.75, 3.05) is 79.3 Å². The molecule has 0 amide bonds. The first-order valence-corrected chi connectivity index (χ1v) is 20.9. The van der Waals surface area contributed by atoms with Crippen molar-refractivity contribution < 1.29 is 72.3 Å². The summed E-state index contributed by atoms with van der Waals surface area (Å²) in [5, 5.41) is 34.6. The van der Waals surface area contributed by atoms with Crippen LogP contribution in [0.5, 0.6) is 34.5 Å². The molecule has 66 heavy (non-hydrogen) atoms. The molecule has 0 unspecified atom stereocenters. The Hall–Kier alpha value is -7.02. The number of phenols is 3. The number of carbonyl (C=O) groups excluding carboxylic acids is 3. The first-order valence-electron chi connectivity index (χ1n) is 20.9. The fourth-order valence-corrected chi connectivity index (χ4v) is 5.68. The normalized spacial score (nSPS) is 10.8. The highest BCUT2D eigenvalue weighted by Crippen LogP contribution is 2.41. The van der Waals surface area contributed by atoms with Crippen LogP contribution in [0.2, 0.25) is 0 Å². The minimum atomic E-state index is -0.502. The number of aromatic nitrogens is 3. The Kier molecular flexibility index (Phi) is 19.9. The summed E-state index contributed by atoms with van der Waals surface area (Å²) in [4.78, 5) is 48.7. The molecule has 0 atom stereocenters. The molecule has 0 saturated heterocycles. The Morgan fingerprint density at radius 1 is 0.424 bits per heavy atom. The molecular formula is C48H57N3O15. The molecule has 0 bridgehead atoms. The Morgan fingerprint density at radius 2 is 0.667 bits per heavy atom. The van der Waals surface area contributed by atoms with Crippen LogP contribution in [0.15, 0.2) is 72.9 Å². The maximum atomic E-state index is 11.6. The van der Waals surface area contributed by atoms with E-state index >= 15 is 0 Å². The zero-order chi connectivity index (χ0) is 48.3. The summed E-state index contributed by atoms with van der Waals surface area (Å²) in [6, 6.07) is 9.63. The molecule has 0 spiro atoms. The zero-order valence-corrected chi connectivity index (χ0v) is 38.2. The summed E-state index contributed by atoms with van der Waals surface area (Å²) in [6.45, 7) is 21.8. The molecule has 4 rings (SSSR count). The highest BCUT2D eigenvalue weighted by molar-refractivity contribution is 5.87. The minimum absolute atomic E-state index is 0.0155. The SMILES string of the molecule is C=C(C)C(=O)OCCOCCOc1ccc(-c2nc(-c3ccc(OCCOCCOC(=O)C(=C)C)c(C)c3O)nc(-c3ccc(OCCOCCOC(=O)C(=C)C)c(C)c3O)n2)c(O)c1C. The van der Waals surface area contributed by atoms with Crippen LogP contribution in [0, 0.1) is 20.8 Å². The van der Waals surface area contributed by atoms with Crippen LogP contribution in [0.25, 0.3) is 34.2 Å². The van der Waals surface area contributed by atoms with Crippen LogP contribution < -0.4 is 14.2 Å². The number of phenolic OH excluding ortho intramolecular Hbond substituents is 3. The van der Waals surface area contributed by atoms with Crippen molar-refractivity contribution in [2.45, 2.75) is 41.5 Å². The number of hydrogen-bond donors (Lipinski definition) is 3. The predicted octanol–water partition coefficient (Wildman–Crippen LogP) is 6.46. The molecule has 0 aliphatic carbocycles. The summed E-state index contributed by atoms with van der Waals surface area (Å²) in [5.41, 5.74) is 2.61. The number of nitrogens with zero attached hydrogens (tertiary/aromatic N) is 3. The first-order chi connectivity index (χ1) is 31.5. The minimum Gasteiger partial charge on any atom is -0.507 e. The first kappa shape index (κ1) is 51.6. The molecule has 0 fully saturated rings. The summed E-state index contributed by atoms with van der Waals surface area (Å²) in [7, 11) is 0.